The van der Waals surface area contributed by atoms with Crippen LogP contribution in [0.2, 0.25) is 0 Å². The third-order valence-corrected chi connectivity index (χ3v) is 3.31. The minimum atomic E-state index is -0.300. The van der Waals surface area contributed by atoms with Crippen molar-refractivity contribution < 1.29 is 9.13 Å². The maximum atomic E-state index is 14.1. The van der Waals surface area contributed by atoms with Crippen LogP contribution in [0.1, 0.15) is 11.1 Å². The lowest BCUT2D eigenvalue weighted by Crippen LogP contribution is -2.08. The second-order valence-corrected chi connectivity index (χ2v) is 4.50. The number of ether oxygens (including phenoxy) is 1. The van der Waals surface area contributed by atoms with Gasteiger partial charge < -0.3 is 4.74 Å². The first-order valence-corrected chi connectivity index (χ1v) is 6.30. The van der Waals surface area contributed by atoms with Crippen molar-refractivity contribution in [1.82, 2.24) is 0 Å². The molecule has 0 atom stereocenters. The minimum Gasteiger partial charge on any atom is -0.456 e. The first-order valence-electron chi connectivity index (χ1n) is 6.30. The SMILES string of the molecule is C=CC1=C(c2ccccc2F)C(=C)c2ccccc2O1. The molecule has 0 radical (unpaired) electrons. The number of hydrogen-bond donors (Lipinski definition) is 0. The van der Waals surface area contributed by atoms with Gasteiger partial charge in [-0.2, -0.15) is 0 Å². The van der Waals surface area contributed by atoms with Crippen molar-refractivity contribution in [3.63, 3.8) is 0 Å². The number of para-hydroxylation sites is 1. The maximum absolute atomic E-state index is 14.1. The Morgan fingerprint density at radius 2 is 1.60 bits per heavy atom. The van der Waals surface area contributed by atoms with Gasteiger partial charge in [0.15, 0.2) is 0 Å². The molecule has 0 saturated carbocycles. The summed E-state index contributed by atoms with van der Waals surface area (Å²) in [7, 11) is 0. The monoisotopic (exact) mass is 264 g/mol. The number of rotatable bonds is 2. The zero-order valence-electron chi connectivity index (χ0n) is 10.9. The van der Waals surface area contributed by atoms with Crippen LogP contribution in [0.3, 0.4) is 0 Å². The summed E-state index contributed by atoms with van der Waals surface area (Å²) in [5.74, 6) is 0.942. The number of allylic oxidation sites excluding steroid dienone is 3. The lowest BCUT2D eigenvalue weighted by molar-refractivity contribution is 0.442. The Hall–Kier alpha value is -2.61. The summed E-state index contributed by atoms with van der Waals surface area (Å²) in [4.78, 5) is 0. The highest BCUT2D eigenvalue weighted by atomic mass is 19.1. The fraction of sp³-hybridized carbons (Fsp3) is 0. The predicted molar refractivity (Wildman–Crippen MR) is 79.6 cm³/mol. The molecule has 0 bridgehead atoms. The van der Waals surface area contributed by atoms with E-state index in [1.54, 1.807) is 24.3 Å². The Morgan fingerprint density at radius 3 is 2.30 bits per heavy atom. The van der Waals surface area contributed by atoms with Gasteiger partial charge in [0, 0.05) is 16.7 Å². The zero-order valence-corrected chi connectivity index (χ0v) is 10.9. The Bertz CT molecular complexity index is 741. The zero-order chi connectivity index (χ0) is 14.1. The van der Waals surface area contributed by atoms with Crippen molar-refractivity contribution in [2.75, 3.05) is 0 Å². The van der Waals surface area contributed by atoms with Crippen LogP contribution in [0, 0.1) is 5.82 Å². The van der Waals surface area contributed by atoms with E-state index in [0.29, 0.717) is 22.6 Å². The van der Waals surface area contributed by atoms with Crippen LogP contribution in [-0.2, 0) is 0 Å². The van der Waals surface area contributed by atoms with Gasteiger partial charge in [0.25, 0.3) is 0 Å². The van der Waals surface area contributed by atoms with Crippen LogP contribution in [0.4, 0.5) is 4.39 Å². The van der Waals surface area contributed by atoms with Crippen LogP contribution in [0.15, 0.2) is 73.5 Å². The van der Waals surface area contributed by atoms with E-state index in [2.05, 4.69) is 13.2 Å². The van der Waals surface area contributed by atoms with Crippen molar-refractivity contribution in [1.29, 1.82) is 0 Å². The molecule has 1 nitrogen and oxygen atoms in total. The van der Waals surface area contributed by atoms with Gasteiger partial charge in [0.1, 0.15) is 17.3 Å². The van der Waals surface area contributed by atoms with E-state index < -0.39 is 0 Å². The van der Waals surface area contributed by atoms with E-state index in [-0.39, 0.29) is 5.82 Å². The van der Waals surface area contributed by atoms with E-state index in [1.807, 2.05) is 24.3 Å². The van der Waals surface area contributed by atoms with Gasteiger partial charge in [0.05, 0.1) is 0 Å². The Balaban J connectivity index is 2.23. The second kappa shape index (κ2) is 4.82. The predicted octanol–water partition coefficient (Wildman–Crippen LogP) is 4.83. The molecule has 20 heavy (non-hydrogen) atoms. The van der Waals surface area contributed by atoms with Crippen molar-refractivity contribution in [3.05, 3.63) is 90.5 Å². The van der Waals surface area contributed by atoms with E-state index in [4.69, 9.17) is 4.74 Å². The third kappa shape index (κ3) is 1.86. The number of halogens is 1. The summed E-state index contributed by atoms with van der Waals surface area (Å²) in [5, 5.41) is 0. The highest BCUT2D eigenvalue weighted by Gasteiger charge is 2.24. The minimum absolute atomic E-state index is 0.300. The molecule has 2 aromatic rings. The standard InChI is InChI=1S/C18H13FO/c1-3-16-18(14-9-4-6-10-15(14)19)12(2)13-8-5-7-11-17(13)20-16/h3-11H,1-2H2. The molecule has 1 aliphatic rings. The quantitative estimate of drug-likeness (QED) is 0.755. The lowest BCUT2D eigenvalue weighted by atomic mass is 9.90. The van der Waals surface area contributed by atoms with Crippen LogP contribution in [0.25, 0.3) is 11.1 Å². The molecule has 2 aromatic carbocycles. The molecule has 2 heteroatoms. The molecule has 0 aromatic heterocycles. The summed E-state index contributed by atoms with van der Waals surface area (Å²) in [5.41, 5.74) is 2.74. The molecule has 98 valence electrons. The van der Waals surface area contributed by atoms with Crippen LogP contribution in [-0.4, -0.2) is 0 Å². The number of benzene rings is 2. The van der Waals surface area contributed by atoms with Crippen molar-refractivity contribution >= 4 is 11.1 Å². The van der Waals surface area contributed by atoms with Gasteiger partial charge in [-0.15, -0.1) is 0 Å². The summed E-state index contributed by atoms with van der Waals surface area (Å²) in [6.07, 6.45) is 1.59. The molecule has 0 aliphatic carbocycles. The third-order valence-electron chi connectivity index (χ3n) is 3.31. The lowest BCUT2D eigenvalue weighted by Gasteiger charge is -2.24. The summed E-state index contributed by atoms with van der Waals surface area (Å²) in [6, 6.07) is 14.2. The molecule has 0 spiro atoms. The molecule has 1 heterocycles. The van der Waals surface area contributed by atoms with Gasteiger partial charge in [-0.05, 0) is 23.8 Å². The number of fused-ring (bicyclic) bond motifs is 1. The van der Waals surface area contributed by atoms with Crippen LogP contribution >= 0.6 is 0 Å². The fourth-order valence-electron chi connectivity index (χ4n) is 2.36. The summed E-state index contributed by atoms with van der Waals surface area (Å²) in [6.45, 7) is 7.85. The largest absolute Gasteiger partial charge is 0.456 e. The molecule has 0 amide bonds. The molecule has 1 aliphatic heterocycles. The fourth-order valence-corrected chi connectivity index (χ4v) is 2.36. The first-order chi connectivity index (χ1) is 9.72. The van der Waals surface area contributed by atoms with Gasteiger partial charge >= 0.3 is 0 Å². The highest BCUT2D eigenvalue weighted by Crippen LogP contribution is 2.42. The molecular formula is C18H13FO. The van der Waals surface area contributed by atoms with E-state index in [9.17, 15) is 4.39 Å². The summed E-state index contributed by atoms with van der Waals surface area (Å²) >= 11 is 0. The maximum Gasteiger partial charge on any atom is 0.135 e. The summed E-state index contributed by atoms with van der Waals surface area (Å²) < 4.78 is 19.9. The first kappa shape index (κ1) is 12.4. The molecule has 0 N–H and O–H groups in total. The smallest absolute Gasteiger partial charge is 0.135 e. The van der Waals surface area contributed by atoms with Gasteiger partial charge in [0.2, 0.25) is 0 Å². The molecule has 0 fully saturated rings. The van der Waals surface area contributed by atoms with E-state index in [0.717, 1.165) is 11.1 Å². The van der Waals surface area contributed by atoms with Crippen LogP contribution < -0.4 is 4.74 Å². The van der Waals surface area contributed by atoms with Gasteiger partial charge in [-0.25, -0.2) is 4.39 Å². The van der Waals surface area contributed by atoms with E-state index in [1.165, 1.54) is 6.07 Å². The molecule has 0 unspecified atom stereocenters. The van der Waals surface area contributed by atoms with Crippen molar-refractivity contribution in [2.24, 2.45) is 0 Å². The highest BCUT2D eigenvalue weighted by molar-refractivity contribution is 6.08. The Morgan fingerprint density at radius 1 is 0.950 bits per heavy atom. The van der Waals surface area contributed by atoms with Crippen molar-refractivity contribution in [3.8, 4) is 5.75 Å². The van der Waals surface area contributed by atoms with Gasteiger partial charge in [-0.3, -0.25) is 0 Å². The Kier molecular flexibility index (Phi) is 2.99. The average Bonchev–Trinajstić information content (AvgIpc) is 2.48. The molecule has 3 rings (SSSR count). The average molecular weight is 264 g/mol. The normalized spacial score (nSPS) is 13.8. The van der Waals surface area contributed by atoms with E-state index >= 15 is 0 Å². The van der Waals surface area contributed by atoms with Crippen LogP contribution in [0.5, 0.6) is 5.75 Å². The topological polar surface area (TPSA) is 9.23 Å². The Labute approximate surface area is 117 Å². The molecular weight excluding hydrogens is 251 g/mol. The van der Waals surface area contributed by atoms with Gasteiger partial charge in [-0.1, -0.05) is 49.6 Å². The molecule has 0 saturated heterocycles. The second-order valence-electron chi connectivity index (χ2n) is 4.50. The van der Waals surface area contributed by atoms with Crippen molar-refractivity contribution in [2.45, 2.75) is 0 Å². The number of hydrogen-bond acceptors (Lipinski definition) is 1.